The average molecular weight is 341 g/mol. The lowest BCUT2D eigenvalue weighted by molar-refractivity contribution is -0.124. The van der Waals surface area contributed by atoms with Crippen molar-refractivity contribution < 1.29 is 14.3 Å². The monoisotopic (exact) mass is 341 g/mol. The summed E-state index contributed by atoms with van der Waals surface area (Å²) < 4.78 is 7.06. The van der Waals surface area contributed by atoms with E-state index in [0.29, 0.717) is 50.0 Å². The van der Waals surface area contributed by atoms with Crippen LogP contribution in [0.4, 0.5) is 5.69 Å². The number of hydrogen-bond donors (Lipinski definition) is 2. The van der Waals surface area contributed by atoms with Gasteiger partial charge in [0.2, 0.25) is 11.8 Å². The maximum Gasteiger partial charge on any atom is 0.276 e. The van der Waals surface area contributed by atoms with Crippen molar-refractivity contribution in [1.82, 2.24) is 20.0 Å². The number of nitrogens with zero attached hydrogens (tertiary/aromatic N) is 3. The van der Waals surface area contributed by atoms with E-state index in [-0.39, 0.29) is 11.8 Å². The van der Waals surface area contributed by atoms with Crippen molar-refractivity contribution in [3.8, 4) is 5.88 Å². The number of nitrogens with one attached hydrogen (secondary N) is 2. The number of rotatable bonds is 4. The number of benzene rings is 1. The lowest BCUT2D eigenvalue weighted by Gasteiger charge is -2.26. The van der Waals surface area contributed by atoms with Crippen LogP contribution in [0.2, 0.25) is 0 Å². The van der Waals surface area contributed by atoms with E-state index in [1.54, 1.807) is 10.7 Å². The molecule has 1 fully saturated rings. The molecule has 3 heterocycles. The van der Waals surface area contributed by atoms with Gasteiger partial charge in [-0.2, -0.15) is 5.10 Å². The van der Waals surface area contributed by atoms with Crippen LogP contribution in [0.3, 0.4) is 0 Å². The Kier molecular flexibility index (Phi) is 4.10. The number of amides is 2. The second-order valence-corrected chi connectivity index (χ2v) is 6.15. The fourth-order valence-electron chi connectivity index (χ4n) is 3.05. The first kappa shape index (κ1) is 15.6. The van der Waals surface area contributed by atoms with Crippen molar-refractivity contribution in [3.05, 3.63) is 41.6 Å². The van der Waals surface area contributed by atoms with Crippen LogP contribution in [0.5, 0.6) is 5.88 Å². The summed E-state index contributed by atoms with van der Waals surface area (Å²) in [5, 5.41) is 9.92. The molecule has 2 aliphatic rings. The Labute approximate surface area is 144 Å². The highest BCUT2D eigenvalue weighted by Crippen LogP contribution is 2.20. The van der Waals surface area contributed by atoms with Crippen molar-refractivity contribution in [3.63, 3.8) is 0 Å². The second-order valence-electron chi connectivity index (χ2n) is 6.15. The first-order valence-corrected chi connectivity index (χ1v) is 8.27. The van der Waals surface area contributed by atoms with Crippen LogP contribution >= 0.6 is 0 Å². The highest BCUT2D eigenvalue weighted by atomic mass is 16.5. The number of carbonyl (C=O) groups excluding carboxylic acids is 2. The minimum absolute atomic E-state index is 0.0470. The quantitative estimate of drug-likeness (QED) is 0.843. The Morgan fingerprint density at radius 2 is 2.24 bits per heavy atom. The Bertz CT molecular complexity index is 795. The molecule has 1 aromatic heterocycles. The maximum absolute atomic E-state index is 12.4. The zero-order chi connectivity index (χ0) is 17.2. The molecule has 0 saturated carbocycles. The van der Waals surface area contributed by atoms with E-state index in [0.717, 1.165) is 12.1 Å². The summed E-state index contributed by atoms with van der Waals surface area (Å²) in [6, 6.07) is 9.29. The molecule has 130 valence electrons. The van der Waals surface area contributed by atoms with Crippen molar-refractivity contribution in [1.29, 1.82) is 0 Å². The number of anilines is 1. The van der Waals surface area contributed by atoms with Crippen LogP contribution in [0.25, 0.3) is 0 Å². The van der Waals surface area contributed by atoms with Gasteiger partial charge < -0.3 is 15.4 Å². The highest BCUT2D eigenvalue weighted by molar-refractivity contribution is 6.03. The molecule has 1 saturated heterocycles. The van der Waals surface area contributed by atoms with Gasteiger partial charge in [-0.1, -0.05) is 12.1 Å². The van der Waals surface area contributed by atoms with Crippen molar-refractivity contribution in [2.75, 3.05) is 31.6 Å². The maximum atomic E-state index is 12.4. The Morgan fingerprint density at radius 3 is 3.08 bits per heavy atom. The summed E-state index contributed by atoms with van der Waals surface area (Å²) in [7, 11) is 0. The first-order valence-electron chi connectivity index (χ1n) is 8.27. The third-order valence-electron chi connectivity index (χ3n) is 4.24. The molecule has 2 aliphatic heterocycles. The van der Waals surface area contributed by atoms with Crippen molar-refractivity contribution in [2.45, 2.75) is 13.1 Å². The highest BCUT2D eigenvalue weighted by Gasteiger charge is 2.19. The molecular weight excluding hydrogens is 322 g/mol. The smallest absolute Gasteiger partial charge is 0.276 e. The number of aromatic nitrogens is 2. The van der Waals surface area contributed by atoms with Crippen molar-refractivity contribution in [2.24, 2.45) is 0 Å². The molecule has 2 amide bonds. The molecule has 0 radical (unpaired) electrons. The van der Waals surface area contributed by atoms with Gasteiger partial charge in [0.25, 0.3) is 5.91 Å². The summed E-state index contributed by atoms with van der Waals surface area (Å²) in [6.45, 7) is 3.83. The number of carbonyl (C=O) groups is 2. The summed E-state index contributed by atoms with van der Waals surface area (Å²) in [6.07, 6.45) is 0. The van der Waals surface area contributed by atoms with Gasteiger partial charge in [-0.3, -0.25) is 14.5 Å². The van der Waals surface area contributed by atoms with E-state index in [9.17, 15) is 9.59 Å². The summed E-state index contributed by atoms with van der Waals surface area (Å²) in [5.74, 6) is 0.410. The second kappa shape index (κ2) is 6.56. The molecule has 25 heavy (non-hydrogen) atoms. The molecular formula is C17H19N5O3. The summed E-state index contributed by atoms with van der Waals surface area (Å²) in [4.78, 5) is 25.9. The van der Waals surface area contributed by atoms with Gasteiger partial charge in [0.1, 0.15) is 6.61 Å². The van der Waals surface area contributed by atoms with Crippen LogP contribution in [0, 0.1) is 0 Å². The summed E-state index contributed by atoms with van der Waals surface area (Å²) >= 11 is 0. The van der Waals surface area contributed by atoms with Crippen LogP contribution in [0.15, 0.2) is 30.3 Å². The molecule has 0 bridgehead atoms. The standard InChI is InChI=1S/C17H19N5O3/c23-15-11-21(5-4-18-15)10-12-2-1-3-13(8-12)19-17(24)14-9-16-22(20-14)6-7-25-16/h1-3,8-9H,4-7,10-11H2,(H,18,23)(H,19,24). The number of piperazine rings is 1. The minimum Gasteiger partial charge on any atom is -0.476 e. The fraction of sp³-hybridized carbons (Fsp3) is 0.353. The van der Waals surface area contributed by atoms with E-state index in [1.165, 1.54) is 0 Å². The molecule has 4 rings (SSSR count). The number of fused-ring (bicyclic) bond motifs is 1. The van der Waals surface area contributed by atoms with E-state index < -0.39 is 0 Å². The zero-order valence-corrected chi connectivity index (χ0v) is 13.7. The molecule has 2 N–H and O–H groups in total. The molecule has 8 nitrogen and oxygen atoms in total. The molecule has 0 atom stereocenters. The first-order chi connectivity index (χ1) is 12.2. The number of hydrogen-bond acceptors (Lipinski definition) is 5. The van der Waals surface area contributed by atoms with E-state index in [2.05, 4.69) is 20.6 Å². The Hall–Kier alpha value is -2.87. The number of ether oxygens (including phenoxy) is 1. The van der Waals surface area contributed by atoms with Crippen LogP contribution in [-0.2, 0) is 17.9 Å². The topological polar surface area (TPSA) is 88.5 Å². The largest absolute Gasteiger partial charge is 0.476 e. The Balaban J connectivity index is 1.42. The lowest BCUT2D eigenvalue weighted by atomic mass is 10.1. The van der Waals surface area contributed by atoms with E-state index in [4.69, 9.17) is 4.74 Å². The van der Waals surface area contributed by atoms with Gasteiger partial charge >= 0.3 is 0 Å². The van der Waals surface area contributed by atoms with Crippen molar-refractivity contribution >= 4 is 17.5 Å². The molecule has 0 unspecified atom stereocenters. The fourth-order valence-corrected chi connectivity index (χ4v) is 3.05. The third-order valence-corrected chi connectivity index (χ3v) is 4.24. The van der Waals surface area contributed by atoms with Gasteiger partial charge in [0.05, 0.1) is 13.1 Å². The molecule has 8 heteroatoms. The van der Waals surface area contributed by atoms with Gasteiger partial charge in [-0.15, -0.1) is 0 Å². The average Bonchev–Trinajstić information content (AvgIpc) is 3.17. The van der Waals surface area contributed by atoms with Gasteiger partial charge in [0, 0.05) is 31.4 Å². The molecule has 1 aromatic carbocycles. The predicted octanol–water partition coefficient (Wildman–Crippen LogP) is 0.460. The normalized spacial score (nSPS) is 16.9. The third kappa shape index (κ3) is 3.48. The van der Waals surface area contributed by atoms with Gasteiger partial charge in [-0.25, -0.2) is 4.68 Å². The zero-order valence-electron chi connectivity index (χ0n) is 13.7. The van der Waals surface area contributed by atoms with Gasteiger partial charge in [-0.05, 0) is 17.7 Å². The van der Waals surface area contributed by atoms with Crippen LogP contribution < -0.4 is 15.4 Å². The molecule has 2 aromatic rings. The van der Waals surface area contributed by atoms with E-state index in [1.807, 2.05) is 24.3 Å². The molecule has 0 aliphatic carbocycles. The Morgan fingerprint density at radius 1 is 1.32 bits per heavy atom. The predicted molar refractivity (Wildman–Crippen MR) is 90.4 cm³/mol. The van der Waals surface area contributed by atoms with Crippen LogP contribution in [0.1, 0.15) is 16.1 Å². The van der Waals surface area contributed by atoms with E-state index >= 15 is 0 Å². The SMILES string of the molecule is O=C1CN(Cc2cccc(NC(=O)c3cc4n(n3)CCO4)c2)CCN1. The van der Waals surface area contributed by atoms with Gasteiger partial charge in [0.15, 0.2) is 5.69 Å². The van der Waals surface area contributed by atoms with Crippen LogP contribution in [-0.4, -0.2) is 52.7 Å². The molecule has 0 spiro atoms. The summed E-state index contributed by atoms with van der Waals surface area (Å²) in [5.41, 5.74) is 2.09. The lowest BCUT2D eigenvalue weighted by Crippen LogP contribution is -2.47. The minimum atomic E-state index is -0.264.